The van der Waals surface area contributed by atoms with Gasteiger partial charge < -0.3 is 10.2 Å². The molecule has 4 aromatic carbocycles. The van der Waals surface area contributed by atoms with Gasteiger partial charge in [0.1, 0.15) is 6.04 Å². The van der Waals surface area contributed by atoms with Gasteiger partial charge in [0.05, 0.1) is 10.6 Å². The second-order valence-electron chi connectivity index (χ2n) is 9.78. The normalized spacial score (nSPS) is 14.2. The zero-order chi connectivity index (χ0) is 28.3. The highest BCUT2D eigenvalue weighted by molar-refractivity contribution is 7.93. The van der Waals surface area contributed by atoms with Gasteiger partial charge in [-0.2, -0.15) is 0 Å². The van der Waals surface area contributed by atoms with Crippen molar-refractivity contribution in [3.63, 3.8) is 0 Å². The van der Waals surface area contributed by atoms with Gasteiger partial charge >= 0.3 is 0 Å². The molecule has 0 bridgehead atoms. The maximum atomic E-state index is 13.8. The van der Waals surface area contributed by atoms with E-state index in [2.05, 4.69) is 5.32 Å². The van der Waals surface area contributed by atoms with Gasteiger partial charge in [0.2, 0.25) is 11.8 Å². The minimum Gasteiger partial charge on any atom is -0.357 e. The summed E-state index contributed by atoms with van der Waals surface area (Å²) in [5, 5.41) is 4.81. The molecule has 7 nitrogen and oxygen atoms in total. The Morgan fingerprint density at radius 1 is 0.925 bits per heavy atom. The summed E-state index contributed by atoms with van der Waals surface area (Å²) in [5.74, 6) is -0.514. The zero-order valence-corrected chi connectivity index (χ0v) is 23.7. The highest BCUT2D eigenvalue weighted by Gasteiger charge is 2.35. The van der Waals surface area contributed by atoms with Crippen LogP contribution in [-0.4, -0.2) is 44.8 Å². The number of nitrogens with one attached hydrogen (secondary N) is 1. The summed E-state index contributed by atoms with van der Waals surface area (Å²) >= 11 is 6.22. The second kappa shape index (κ2) is 11.7. The summed E-state index contributed by atoms with van der Waals surface area (Å²) in [7, 11) is -2.16. The molecule has 5 rings (SSSR count). The number of hydrogen-bond donors (Lipinski definition) is 1. The van der Waals surface area contributed by atoms with Crippen LogP contribution in [0.5, 0.6) is 0 Å². The predicted octanol–water partition coefficient (Wildman–Crippen LogP) is 5.17. The molecule has 206 valence electrons. The number of carbonyl (C=O) groups is 2. The quantitative estimate of drug-likeness (QED) is 0.283. The van der Waals surface area contributed by atoms with E-state index in [9.17, 15) is 18.0 Å². The van der Waals surface area contributed by atoms with E-state index in [0.717, 1.165) is 16.5 Å². The van der Waals surface area contributed by atoms with Gasteiger partial charge in [0.15, 0.2) is 0 Å². The highest BCUT2D eigenvalue weighted by Crippen LogP contribution is 2.42. The van der Waals surface area contributed by atoms with Crippen molar-refractivity contribution >= 4 is 49.9 Å². The van der Waals surface area contributed by atoms with Crippen molar-refractivity contribution in [1.29, 1.82) is 0 Å². The minimum atomic E-state index is -3.71. The Balaban J connectivity index is 1.38. The number of amides is 2. The molecular weight excluding hydrogens is 546 g/mol. The van der Waals surface area contributed by atoms with Crippen molar-refractivity contribution < 1.29 is 18.0 Å². The van der Waals surface area contributed by atoms with Gasteiger partial charge in [0, 0.05) is 43.4 Å². The van der Waals surface area contributed by atoms with Crippen molar-refractivity contribution in [3.8, 4) is 0 Å². The molecule has 9 heteroatoms. The van der Waals surface area contributed by atoms with Crippen LogP contribution in [0.25, 0.3) is 10.8 Å². The molecule has 0 unspecified atom stereocenters. The lowest BCUT2D eigenvalue weighted by atomic mass is 10.0. The van der Waals surface area contributed by atoms with Gasteiger partial charge in [-0.15, -0.1) is 0 Å². The van der Waals surface area contributed by atoms with E-state index < -0.39 is 16.1 Å². The molecule has 0 fully saturated rings. The number of nitrogens with zero attached hydrogens (tertiary/aromatic N) is 2. The Labute approximate surface area is 239 Å². The Morgan fingerprint density at radius 3 is 2.35 bits per heavy atom. The van der Waals surface area contributed by atoms with Crippen LogP contribution in [0.15, 0.2) is 95.9 Å². The summed E-state index contributed by atoms with van der Waals surface area (Å²) in [6.45, 7) is 0.341. The van der Waals surface area contributed by atoms with E-state index in [1.54, 1.807) is 42.3 Å². The summed E-state index contributed by atoms with van der Waals surface area (Å²) in [5.41, 5.74) is 2.35. The van der Waals surface area contributed by atoms with E-state index in [1.807, 2.05) is 60.7 Å². The standard InChI is InChI=1S/C31H30ClN3O4S/c1-33-31(37)27(20-22-9-3-2-4-10-22)34(21-23-11-5-14-25(32)19-23)29(36)17-8-18-35-26-15-6-12-24-13-7-16-28(30(24)26)40(35,38)39/h2-7,9-16,19,27H,8,17-18,20-21H2,1H3,(H,33,37)/t27-/m0/s1. The van der Waals surface area contributed by atoms with E-state index in [1.165, 1.54) is 4.31 Å². The molecule has 2 amide bonds. The average Bonchev–Trinajstić information content (AvgIpc) is 3.18. The first-order valence-electron chi connectivity index (χ1n) is 13.1. The lowest BCUT2D eigenvalue weighted by Gasteiger charge is -2.31. The number of sulfonamides is 1. The molecule has 0 aromatic heterocycles. The van der Waals surface area contributed by atoms with Crippen molar-refractivity contribution in [2.24, 2.45) is 0 Å². The average molecular weight is 576 g/mol. The zero-order valence-electron chi connectivity index (χ0n) is 22.1. The molecule has 0 spiro atoms. The van der Waals surface area contributed by atoms with Crippen LogP contribution in [0.3, 0.4) is 0 Å². The molecule has 1 aliphatic heterocycles. The molecule has 1 N–H and O–H groups in total. The number of carbonyl (C=O) groups excluding carboxylic acids is 2. The highest BCUT2D eigenvalue weighted by atomic mass is 35.5. The molecule has 1 heterocycles. The van der Waals surface area contributed by atoms with Crippen LogP contribution in [0.2, 0.25) is 5.02 Å². The summed E-state index contributed by atoms with van der Waals surface area (Å²) in [6, 6.07) is 26.8. The first kappa shape index (κ1) is 27.7. The molecule has 40 heavy (non-hydrogen) atoms. The topological polar surface area (TPSA) is 86.8 Å². The van der Waals surface area contributed by atoms with E-state index in [0.29, 0.717) is 28.9 Å². The summed E-state index contributed by atoms with van der Waals surface area (Å²) < 4.78 is 28.1. The molecule has 0 aliphatic carbocycles. The van der Waals surface area contributed by atoms with E-state index in [-0.39, 0.29) is 36.2 Å². The molecule has 0 saturated heterocycles. The molecule has 1 aliphatic rings. The van der Waals surface area contributed by atoms with Crippen LogP contribution in [0, 0.1) is 0 Å². The Morgan fingerprint density at radius 2 is 1.62 bits per heavy atom. The minimum absolute atomic E-state index is 0.0706. The molecule has 0 radical (unpaired) electrons. The predicted molar refractivity (Wildman–Crippen MR) is 158 cm³/mol. The van der Waals surface area contributed by atoms with Gasteiger partial charge in [-0.25, -0.2) is 8.42 Å². The number of benzene rings is 4. The molecule has 1 atom stereocenters. The maximum absolute atomic E-state index is 13.8. The second-order valence-corrected chi connectivity index (χ2v) is 12.1. The van der Waals surface area contributed by atoms with Crippen LogP contribution in [0.4, 0.5) is 5.69 Å². The largest absolute Gasteiger partial charge is 0.357 e. The third-order valence-corrected chi connectivity index (χ3v) is 9.28. The summed E-state index contributed by atoms with van der Waals surface area (Å²) in [6.07, 6.45) is 0.701. The number of halogens is 1. The van der Waals surface area contributed by atoms with Crippen LogP contribution < -0.4 is 9.62 Å². The lowest BCUT2D eigenvalue weighted by molar-refractivity contribution is -0.141. The van der Waals surface area contributed by atoms with Crippen molar-refractivity contribution in [2.45, 2.75) is 36.7 Å². The molecule has 0 saturated carbocycles. The van der Waals surface area contributed by atoms with Gasteiger partial charge in [0.25, 0.3) is 10.0 Å². The number of likely N-dealkylation sites (N-methyl/N-ethyl adjacent to an activating group) is 1. The van der Waals surface area contributed by atoms with Crippen molar-refractivity contribution in [3.05, 3.63) is 107 Å². The van der Waals surface area contributed by atoms with Crippen molar-refractivity contribution in [2.75, 3.05) is 17.9 Å². The van der Waals surface area contributed by atoms with Crippen LogP contribution in [0.1, 0.15) is 24.0 Å². The third-order valence-electron chi connectivity index (χ3n) is 7.19. The fraction of sp³-hybridized carbons (Fsp3) is 0.226. The smallest absolute Gasteiger partial charge is 0.265 e. The fourth-order valence-corrected chi connectivity index (χ4v) is 7.23. The monoisotopic (exact) mass is 575 g/mol. The lowest BCUT2D eigenvalue weighted by Crippen LogP contribution is -2.49. The SMILES string of the molecule is CNC(=O)[C@H](Cc1ccccc1)N(Cc1cccc(Cl)c1)C(=O)CCCN1c2cccc3cccc(c23)S1(=O)=O. The van der Waals surface area contributed by atoms with Gasteiger partial charge in [-0.3, -0.25) is 13.9 Å². The molecular formula is C31H30ClN3O4S. The van der Waals surface area contributed by atoms with E-state index >= 15 is 0 Å². The Hall–Kier alpha value is -3.88. The van der Waals surface area contributed by atoms with Crippen LogP contribution in [-0.2, 0) is 32.6 Å². The number of hydrogen-bond acceptors (Lipinski definition) is 4. The van der Waals surface area contributed by atoms with Crippen LogP contribution >= 0.6 is 11.6 Å². The third kappa shape index (κ3) is 5.55. The number of rotatable bonds is 10. The van der Waals surface area contributed by atoms with Crippen molar-refractivity contribution in [1.82, 2.24) is 10.2 Å². The fourth-order valence-electron chi connectivity index (χ4n) is 5.27. The number of anilines is 1. The Bertz CT molecular complexity index is 1650. The first-order chi connectivity index (χ1) is 19.3. The first-order valence-corrected chi connectivity index (χ1v) is 15.0. The Kier molecular flexibility index (Phi) is 8.09. The molecule has 4 aromatic rings. The van der Waals surface area contributed by atoms with E-state index in [4.69, 9.17) is 11.6 Å². The van der Waals surface area contributed by atoms with Gasteiger partial charge in [-0.05, 0) is 47.2 Å². The maximum Gasteiger partial charge on any atom is 0.265 e. The van der Waals surface area contributed by atoms with Gasteiger partial charge in [-0.1, -0.05) is 78.3 Å². The summed E-state index contributed by atoms with van der Waals surface area (Å²) in [4.78, 5) is 28.7.